The van der Waals surface area contributed by atoms with Gasteiger partial charge in [-0.1, -0.05) is 188 Å². The third-order valence-electron chi connectivity index (χ3n) is 11.4. The van der Waals surface area contributed by atoms with Gasteiger partial charge in [0, 0.05) is 26.5 Å². The molecule has 0 unspecified atom stereocenters. The summed E-state index contributed by atoms with van der Waals surface area (Å²) >= 11 is 1.89. The number of hydrogen-bond acceptors (Lipinski definition) is 3. The summed E-state index contributed by atoms with van der Waals surface area (Å²) in [5.41, 5.74) is 17.3. The molecule has 9 aromatic rings. The number of fused-ring (bicyclic) bond motifs is 9. The Kier molecular flexibility index (Phi) is 7.68. The average Bonchev–Trinajstić information content (AvgIpc) is 3.57. The predicted molar refractivity (Wildman–Crippen MR) is 231 cm³/mol. The van der Waals surface area contributed by atoms with Gasteiger partial charge in [0.05, 0.1) is 16.8 Å². The maximum Gasteiger partial charge on any atom is 0.160 e. The fourth-order valence-corrected chi connectivity index (χ4v) is 9.99. The van der Waals surface area contributed by atoms with Crippen LogP contribution >= 0.6 is 11.8 Å². The first-order chi connectivity index (χ1) is 27.7. The van der Waals surface area contributed by atoms with Gasteiger partial charge in [-0.05, 0) is 86.0 Å². The summed E-state index contributed by atoms with van der Waals surface area (Å²) in [6, 6.07) is 74.5. The summed E-state index contributed by atoms with van der Waals surface area (Å²) in [7, 11) is 0. The Morgan fingerprint density at radius 3 is 1.46 bits per heavy atom. The van der Waals surface area contributed by atoms with Crippen molar-refractivity contribution in [3.8, 4) is 67.3 Å². The number of rotatable bonds is 5. The lowest BCUT2D eigenvalue weighted by molar-refractivity contribution is 0.723. The van der Waals surface area contributed by atoms with Gasteiger partial charge in [-0.2, -0.15) is 0 Å². The summed E-state index contributed by atoms with van der Waals surface area (Å²) in [5, 5.41) is 0. The minimum Gasteiger partial charge on any atom is -0.228 e. The Labute approximate surface area is 331 Å². The van der Waals surface area contributed by atoms with E-state index in [9.17, 15) is 0 Å². The van der Waals surface area contributed by atoms with E-state index in [4.69, 9.17) is 9.97 Å². The van der Waals surface area contributed by atoms with Crippen molar-refractivity contribution in [3.63, 3.8) is 0 Å². The van der Waals surface area contributed by atoms with E-state index >= 15 is 0 Å². The van der Waals surface area contributed by atoms with Gasteiger partial charge >= 0.3 is 0 Å². The normalized spacial score (nSPS) is 13.1. The van der Waals surface area contributed by atoms with Crippen LogP contribution in [0.15, 0.2) is 216 Å². The van der Waals surface area contributed by atoms with E-state index in [1.54, 1.807) is 0 Å². The molecule has 0 amide bonds. The van der Waals surface area contributed by atoms with Crippen LogP contribution in [0.25, 0.3) is 67.3 Å². The summed E-state index contributed by atoms with van der Waals surface area (Å²) in [4.78, 5) is 12.7. The molecule has 0 radical (unpaired) electrons. The number of hydrogen-bond donors (Lipinski definition) is 0. The Balaban J connectivity index is 0.984. The molecule has 2 nitrogen and oxygen atoms in total. The van der Waals surface area contributed by atoms with Crippen LogP contribution in [0.5, 0.6) is 0 Å². The molecule has 1 aliphatic carbocycles. The second-order valence-electron chi connectivity index (χ2n) is 14.5. The molecule has 0 saturated carbocycles. The molecule has 0 bridgehead atoms. The van der Waals surface area contributed by atoms with Gasteiger partial charge in [0.2, 0.25) is 0 Å². The van der Waals surface area contributed by atoms with Crippen LogP contribution in [0, 0.1) is 0 Å². The highest BCUT2D eigenvalue weighted by Gasteiger charge is 2.50. The van der Waals surface area contributed by atoms with Crippen LogP contribution in [0.1, 0.15) is 22.3 Å². The molecule has 56 heavy (non-hydrogen) atoms. The molecule has 1 aliphatic heterocycles. The highest BCUT2D eigenvalue weighted by molar-refractivity contribution is 7.99. The Morgan fingerprint density at radius 2 is 0.786 bits per heavy atom. The van der Waals surface area contributed by atoms with E-state index in [1.807, 2.05) is 36.0 Å². The molecular formula is C53H34N2S. The molecule has 0 saturated heterocycles. The summed E-state index contributed by atoms with van der Waals surface area (Å²) in [6.07, 6.45) is 0. The van der Waals surface area contributed by atoms with Crippen LogP contribution in [0.3, 0.4) is 0 Å². The molecule has 8 aromatic carbocycles. The average molecular weight is 731 g/mol. The van der Waals surface area contributed by atoms with Gasteiger partial charge < -0.3 is 0 Å². The first-order valence-corrected chi connectivity index (χ1v) is 19.9. The number of nitrogens with zero attached hydrogens (tertiary/aromatic N) is 2. The zero-order valence-corrected chi connectivity index (χ0v) is 31.2. The van der Waals surface area contributed by atoms with E-state index in [2.05, 4.69) is 182 Å². The van der Waals surface area contributed by atoms with Gasteiger partial charge in [-0.25, -0.2) is 9.97 Å². The second kappa shape index (κ2) is 13.2. The third kappa shape index (κ3) is 5.20. The summed E-state index contributed by atoms with van der Waals surface area (Å²) in [6.45, 7) is 0. The maximum atomic E-state index is 5.08. The zero-order valence-electron chi connectivity index (χ0n) is 30.4. The lowest BCUT2D eigenvalue weighted by Crippen LogP contribution is -2.32. The van der Waals surface area contributed by atoms with E-state index in [0.717, 1.165) is 45.0 Å². The molecule has 0 atom stereocenters. The van der Waals surface area contributed by atoms with Crippen LogP contribution < -0.4 is 0 Å². The van der Waals surface area contributed by atoms with E-state index in [0.29, 0.717) is 0 Å². The molecule has 2 heterocycles. The summed E-state index contributed by atoms with van der Waals surface area (Å²) in [5.74, 6) is 0.718. The maximum absolute atomic E-state index is 5.08. The molecule has 11 rings (SSSR count). The number of benzene rings is 8. The third-order valence-corrected chi connectivity index (χ3v) is 12.5. The minimum atomic E-state index is -0.386. The van der Waals surface area contributed by atoms with E-state index in [1.165, 1.54) is 54.3 Å². The first kappa shape index (κ1) is 32.6. The molecule has 1 spiro atoms. The highest BCUT2D eigenvalue weighted by atomic mass is 32.2. The minimum absolute atomic E-state index is 0.386. The van der Waals surface area contributed by atoms with E-state index < -0.39 is 0 Å². The molecular weight excluding hydrogens is 697 g/mol. The van der Waals surface area contributed by atoms with Crippen molar-refractivity contribution in [2.45, 2.75) is 15.2 Å². The van der Waals surface area contributed by atoms with Crippen LogP contribution in [0.2, 0.25) is 0 Å². The largest absolute Gasteiger partial charge is 0.228 e. The Bertz CT molecular complexity index is 2830. The highest BCUT2D eigenvalue weighted by Crippen LogP contribution is 2.62. The molecule has 262 valence electrons. The first-order valence-electron chi connectivity index (χ1n) is 19.1. The van der Waals surface area contributed by atoms with Crippen molar-refractivity contribution in [2.24, 2.45) is 0 Å². The second-order valence-corrected chi connectivity index (χ2v) is 15.6. The van der Waals surface area contributed by atoms with Gasteiger partial charge in [0.15, 0.2) is 5.82 Å². The van der Waals surface area contributed by atoms with Crippen molar-refractivity contribution in [3.05, 3.63) is 229 Å². The molecule has 3 heteroatoms. The van der Waals surface area contributed by atoms with Gasteiger partial charge in [-0.3, -0.25) is 0 Å². The Hall–Kier alpha value is -6.81. The lowest BCUT2D eigenvalue weighted by Gasteiger charge is -2.40. The summed E-state index contributed by atoms with van der Waals surface area (Å²) < 4.78 is 0. The molecule has 0 fully saturated rings. The Morgan fingerprint density at radius 1 is 0.304 bits per heavy atom. The zero-order chi connectivity index (χ0) is 37.1. The monoisotopic (exact) mass is 730 g/mol. The van der Waals surface area contributed by atoms with Crippen molar-refractivity contribution in [2.75, 3.05) is 0 Å². The smallest absolute Gasteiger partial charge is 0.160 e. The van der Waals surface area contributed by atoms with Crippen molar-refractivity contribution in [1.29, 1.82) is 0 Å². The molecule has 0 N–H and O–H groups in total. The number of aromatic nitrogens is 2. The van der Waals surface area contributed by atoms with Gasteiger partial charge in [0.25, 0.3) is 0 Å². The predicted octanol–water partition coefficient (Wildman–Crippen LogP) is 13.6. The van der Waals surface area contributed by atoms with Crippen molar-refractivity contribution in [1.82, 2.24) is 9.97 Å². The van der Waals surface area contributed by atoms with E-state index in [-0.39, 0.29) is 5.41 Å². The lowest BCUT2D eigenvalue weighted by atomic mass is 9.67. The van der Waals surface area contributed by atoms with Crippen molar-refractivity contribution < 1.29 is 0 Å². The van der Waals surface area contributed by atoms with Crippen LogP contribution in [0.4, 0.5) is 0 Å². The standard InChI is InChI=1S/C53H34N2S/c1-3-14-37(15-4-1)48-34-49(55-52(54-48)38-16-5-2-6-17-38)41-19-13-18-39(32-41)35-26-28-36(29-27-35)40-30-31-51-47(33-40)53(46-24-11-12-25-50(46)56-51)44-22-9-7-20-42(44)43-21-8-10-23-45(43)53/h1-34H. The quantitative estimate of drug-likeness (QED) is 0.176. The fraction of sp³-hybridized carbons (Fsp3) is 0.0189. The van der Waals surface area contributed by atoms with Gasteiger partial charge in [-0.15, -0.1) is 0 Å². The fourth-order valence-electron chi connectivity index (χ4n) is 8.82. The van der Waals surface area contributed by atoms with Crippen LogP contribution in [-0.2, 0) is 5.41 Å². The van der Waals surface area contributed by atoms with Crippen molar-refractivity contribution >= 4 is 11.8 Å². The topological polar surface area (TPSA) is 25.8 Å². The van der Waals surface area contributed by atoms with Crippen LogP contribution in [-0.4, -0.2) is 9.97 Å². The molecule has 2 aliphatic rings. The SMILES string of the molecule is c1ccc(-c2cc(-c3cccc(-c4ccc(-c5ccc6c(c5)C5(c7ccccc7S6)c6ccccc6-c6ccccc65)cc4)c3)nc(-c3ccccc3)n2)cc1. The molecule has 1 aromatic heterocycles. The van der Waals surface area contributed by atoms with Gasteiger partial charge in [0.1, 0.15) is 0 Å².